The van der Waals surface area contributed by atoms with E-state index in [1.165, 1.54) is 25.5 Å². The van der Waals surface area contributed by atoms with E-state index >= 15 is 0 Å². The Morgan fingerprint density at radius 1 is 1.08 bits per heavy atom. The number of esters is 1. The molecule has 1 saturated heterocycles. The zero-order chi connectivity index (χ0) is 17.2. The first kappa shape index (κ1) is 16.2. The number of rotatable bonds is 3. The first-order valence-electron chi connectivity index (χ1n) is 8.93. The molecular weight excluding hydrogens is 314 g/mol. The van der Waals surface area contributed by atoms with Gasteiger partial charge >= 0.3 is 5.97 Å². The lowest BCUT2D eigenvalue weighted by Crippen LogP contribution is -2.36. The van der Waals surface area contributed by atoms with Gasteiger partial charge in [-0.05, 0) is 72.8 Å². The molecule has 25 heavy (non-hydrogen) atoms. The number of benzene rings is 2. The highest BCUT2D eigenvalue weighted by Crippen LogP contribution is 2.36. The van der Waals surface area contributed by atoms with Crippen LogP contribution in [0.3, 0.4) is 0 Å². The number of piperidine rings is 1. The number of methoxy groups -OCH3 is 1. The molecule has 0 bridgehead atoms. The molecule has 0 aromatic heterocycles. The van der Waals surface area contributed by atoms with E-state index < -0.39 is 0 Å². The van der Waals surface area contributed by atoms with Crippen molar-refractivity contribution in [3.63, 3.8) is 0 Å². The molecular formula is C21H23NO3. The summed E-state index contributed by atoms with van der Waals surface area (Å²) in [6, 6.07) is 14.0. The third kappa shape index (κ3) is 3.27. The van der Waals surface area contributed by atoms with E-state index in [-0.39, 0.29) is 5.97 Å². The maximum Gasteiger partial charge on any atom is 0.337 e. The highest BCUT2D eigenvalue weighted by Gasteiger charge is 2.31. The molecule has 0 saturated carbocycles. The molecule has 0 amide bonds. The van der Waals surface area contributed by atoms with Crippen LogP contribution in [0.5, 0.6) is 5.75 Å². The number of nitrogens with one attached hydrogen (secondary N) is 1. The maximum absolute atomic E-state index is 11.6. The molecule has 2 aliphatic heterocycles. The first-order valence-corrected chi connectivity index (χ1v) is 8.93. The van der Waals surface area contributed by atoms with E-state index in [4.69, 9.17) is 9.47 Å². The third-order valence-corrected chi connectivity index (χ3v) is 5.31. The van der Waals surface area contributed by atoms with E-state index in [9.17, 15) is 4.79 Å². The van der Waals surface area contributed by atoms with Crippen molar-refractivity contribution in [1.29, 1.82) is 0 Å². The second-order valence-electron chi connectivity index (χ2n) is 6.84. The monoisotopic (exact) mass is 337 g/mol. The molecule has 130 valence electrons. The van der Waals surface area contributed by atoms with Gasteiger partial charge in [-0.1, -0.05) is 18.2 Å². The largest absolute Gasteiger partial charge is 0.490 e. The van der Waals surface area contributed by atoms with Crippen LogP contribution >= 0.6 is 0 Å². The Bertz CT molecular complexity index is 763. The normalized spacial score (nSPS) is 20.0. The lowest BCUT2D eigenvalue weighted by molar-refractivity contribution is 0.0601. The van der Waals surface area contributed by atoms with Crippen LogP contribution < -0.4 is 10.1 Å². The smallest absolute Gasteiger partial charge is 0.337 e. The predicted molar refractivity (Wildman–Crippen MR) is 96.9 cm³/mol. The van der Waals surface area contributed by atoms with Gasteiger partial charge in [0.1, 0.15) is 11.9 Å². The lowest BCUT2D eigenvalue weighted by Gasteiger charge is -2.27. The molecule has 2 aromatic rings. The van der Waals surface area contributed by atoms with Crippen molar-refractivity contribution in [1.82, 2.24) is 5.32 Å². The molecule has 2 aliphatic rings. The Labute approximate surface area is 148 Å². The Morgan fingerprint density at radius 3 is 2.52 bits per heavy atom. The van der Waals surface area contributed by atoms with Gasteiger partial charge in [-0.15, -0.1) is 0 Å². The SMILES string of the molecule is COC(=O)c1ccc(-c2ccc3c(c2)CC(C2CCNCC2)O3)cc1. The summed E-state index contributed by atoms with van der Waals surface area (Å²) in [4.78, 5) is 11.6. The number of ether oxygens (including phenoxy) is 2. The summed E-state index contributed by atoms with van der Waals surface area (Å²) >= 11 is 0. The fourth-order valence-corrected chi connectivity index (χ4v) is 3.85. The number of carbonyl (C=O) groups is 1. The van der Waals surface area contributed by atoms with Crippen molar-refractivity contribution in [2.45, 2.75) is 25.4 Å². The molecule has 0 radical (unpaired) electrons. The quantitative estimate of drug-likeness (QED) is 0.872. The van der Waals surface area contributed by atoms with E-state index in [1.807, 2.05) is 24.3 Å². The summed E-state index contributed by atoms with van der Waals surface area (Å²) < 4.78 is 11.0. The zero-order valence-electron chi connectivity index (χ0n) is 14.5. The van der Waals surface area contributed by atoms with E-state index in [0.717, 1.165) is 36.4 Å². The van der Waals surface area contributed by atoms with Crippen molar-refractivity contribution in [3.8, 4) is 16.9 Å². The van der Waals surface area contributed by atoms with Gasteiger partial charge in [-0.25, -0.2) is 4.79 Å². The summed E-state index contributed by atoms with van der Waals surface area (Å²) in [5.41, 5.74) is 4.12. The molecule has 1 atom stereocenters. The summed E-state index contributed by atoms with van der Waals surface area (Å²) in [7, 11) is 1.40. The van der Waals surface area contributed by atoms with Gasteiger partial charge in [0.05, 0.1) is 12.7 Å². The van der Waals surface area contributed by atoms with Gasteiger partial charge in [-0.2, -0.15) is 0 Å². The highest BCUT2D eigenvalue weighted by molar-refractivity contribution is 5.90. The van der Waals surface area contributed by atoms with Crippen molar-refractivity contribution in [2.75, 3.05) is 20.2 Å². The molecule has 2 aromatic carbocycles. The topological polar surface area (TPSA) is 47.6 Å². The van der Waals surface area contributed by atoms with E-state index in [2.05, 4.69) is 23.5 Å². The van der Waals surface area contributed by atoms with Gasteiger partial charge in [-0.3, -0.25) is 0 Å². The van der Waals surface area contributed by atoms with Gasteiger partial charge in [0.25, 0.3) is 0 Å². The molecule has 0 aliphatic carbocycles. The fraction of sp³-hybridized carbons (Fsp3) is 0.381. The fourth-order valence-electron chi connectivity index (χ4n) is 3.85. The minimum absolute atomic E-state index is 0.307. The van der Waals surface area contributed by atoms with Crippen LogP contribution in [-0.2, 0) is 11.2 Å². The van der Waals surface area contributed by atoms with Crippen molar-refractivity contribution >= 4 is 5.97 Å². The zero-order valence-corrected chi connectivity index (χ0v) is 14.5. The molecule has 4 heteroatoms. The second kappa shape index (κ2) is 6.89. The van der Waals surface area contributed by atoms with Crippen molar-refractivity contribution in [2.24, 2.45) is 5.92 Å². The standard InChI is InChI=1S/C21H23NO3/c1-24-21(23)16-4-2-14(3-5-16)17-6-7-19-18(12-17)13-20(25-19)15-8-10-22-11-9-15/h2-7,12,15,20,22H,8-11,13H2,1H3. The molecule has 4 rings (SSSR count). The minimum Gasteiger partial charge on any atom is -0.490 e. The van der Waals surface area contributed by atoms with Crippen LogP contribution in [0.4, 0.5) is 0 Å². The molecule has 0 spiro atoms. The number of fused-ring (bicyclic) bond motifs is 1. The van der Waals surface area contributed by atoms with Crippen LogP contribution in [0.25, 0.3) is 11.1 Å². The second-order valence-corrected chi connectivity index (χ2v) is 6.84. The molecule has 4 nitrogen and oxygen atoms in total. The van der Waals surface area contributed by atoms with Crippen LogP contribution in [0, 0.1) is 5.92 Å². The Kier molecular flexibility index (Phi) is 4.45. The average molecular weight is 337 g/mol. The van der Waals surface area contributed by atoms with Crippen LogP contribution in [-0.4, -0.2) is 32.3 Å². The first-order chi connectivity index (χ1) is 12.2. The maximum atomic E-state index is 11.6. The highest BCUT2D eigenvalue weighted by atomic mass is 16.5. The number of carbonyl (C=O) groups excluding carboxylic acids is 1. The van der Waals surface area contributed by atoms with Gasteiger partial charge in [0.15, 0.2) is 0 Å². The molecule has 1 unspecified atom stereocenters. The van der Waals surface area contributed by atoms with Crippen molar-refractivity contribution < 1.29 is 14.3 Å². The molecule has 2 heterocycles. The molecule has 1 N–H and O–H groups in total. The van der Waals surface area contributed by atoms with Crippen LogP contribution in [0.2, 0.25) is 0 Å². The Balaban J connectivity index is 1.52. The molecule has 1 fully saturated rings. The van der Waals surface area contributed by atoms with Crippen LogP contribution in [0.15, 0.2) is 42.5 Å². The summed E-state index contributed by atoms with van der Waals surface area (Å²) in [5.74, 6) is 1.37. The summed E-state index contributed by atoms with van der Waals surface area (Å²) in [6.07, 6.45) is 3.70. The Hall–Kier alpha value is -2.33. The summed E-state index contributed by atoms with van der Waals surface area (Å²) in [5, 5.41) is 3.42. The third-order valence-electron chi connectivity index (χ3n) is 5.31. The van der Waals surface area contributed by atoms with Crippen LogP contribution in [0.1, 0.15) is 28.8 Å². The van der Waals surface area contributed by atoms with Crippen molar-refractivity contribution in [3.05, 3.63) is 53.6 Å². The summed E-state index contributed by atoms with van der Waals surface area (Å²) in [6.45, 7) is 2.19. The number of hydrogen-bond donors (Lipinski definition) is 1. The predicted octanol–water partition coefficient (Wildman–Crippen LogP) is 3.44. The average Bonchev–Trinajstić information content (AvgIpc) is 3.11. The lowest BCUT2D eigenvalue weighted by atomic mass is 9.89. The van der Waals surface area contributed by atoms with Gasteiger partial charge in [0.2, 0.25) is 0 Å². The van der Waals surface area contributed by atoms with E-state index in [1.54, 1.807) is 0 Å². The minimum atomic E-state index is -0.307. The van der Waals surface area contributed by atoms with Gasteiger partial charge in [0, 0.05) is 6.42 Å². The number of hydrogen-bond acceptors (Lipinski definition) is 4. The van der Waals surface area contributed by atoms with E-state index in [0.29, 0.717) is 17.6 Å². The Morgan fingerprint density at radius 2 is 1.80 bits per heavy atom. The van der Waals surface area contributed by atoms with Gasteiger partial charge < -0.3 is 14.8 Å².